The van der Waals surface area contributed by atoms with Crippen LogP contribution in [0, 0.1) is 0 Å². The van der Waals surface area contributed by atoms with Crippen molar-refractivity contribution >= 4 is 11.6 Å². The lowest BCUT2D eigenvalue weighted by atomic mass is 10.1. The van der Waals surface area contributed by atoms with Crippen molar-refractivity contribution in [1.29, 1.82) is 0 Å². The molecule has 2 aromatic carbocycles. The zero-order chi connectivity index (χ0) is 24.1. The van der Waals surface area contributed by atoms with Crippen molar-refractivity contribution in [2.45, 2.75) is 19.5 Å². The van der Waals surface area contributed by atoms with Crippen LogP contribution >= 0.6 is 0 Å². The average Bonchev–Trinajstić information content (AvgIpc) is 2.88. The number of anilines is 2. The number of aromatic nitrogens is 2. The van der Waals surface area contributed by atoms with Crippen molar-refractivity contribution in [3.05, 3.63) is 53.3 Å². The predicted octanol–water partition coefficient (Wildman–Crippen LogP) is 3.82. The van der Waals surface area contributed by atoms with Gasteiger partial charge in [-0.05, 0) is 29.8 Å². The lowest BCUT2D eigenvalue weighted by molar-refractivity contribution is 0.241. The van der Waals surface area contributed by atoms with Gasteiger partial charge in [0.2, 0.25) is 11.7 Å². The molecule has 0 fully saturated rings. The minimum Gasteiger partial charge on any atom is -0.497 e. The smallest absolute Gasteiger partial charge is 0.227 e. The molecule has 9 heteroatoms. The monoisotopic (exact) mass is 466 g/mol. The van der Waals surface area contributed by atoms with Gasteiger partial charge in [0.05, 0.1) is 46.9 Å². The molecule has 1 aromatic heterocycles. The zero-order valence-corrected chi connectivity index (χ0v) is 20.2. The zero-order valence-electron chi connectivity index (χ0n) is 20.2. The van der Waals surface area contributed by atoms with Gasteiger partial charge in [0, 0.05) is 43.9 Å². The lowest BCUT2D eigenvalue weighted by Crippen LogP contribution is -2.31. The number of benzene rings is 2. The molecule has 34 heavy (non-hydrogen) atoms. The van der Waals surface area contributed by atoms with E-state index in [1.54, 1.807) is 35.5 Å². The van der Waals surface area contributed by atoms with Gasteiger partial charge < -0.3 is 29.0 Å². The summed E-state index contributed by atoms with van der Waals surface area (Å²) in [6.45, 7) is 2.39. The fourth-order valence-corrected chi connectivity index (χ4v) is 4.08. The minimum atomic E-state index is 0.542. The summed E-state index contributed by atoms with van der Waals surface area (Å²) < 4.78 is 27.1. The van der Waals surface area contributed by atoms with Crippen LogP contribution in [0.3, 0.4) is 0 Å². The summed E-state index contributed by atoms with van der Waals surface area (Å²) in [4.78, 5) is 11.6. The number of methoxy groups -OCH3 is 5. The van der Waals surface area contributed by atoms with Gasteiger partial charge in [0.1, 0.15) is 11.5 Å². The molecule has 0 atom stereocenters. The van der Waals surface area contributed by atoms with Crippen LogP contribution in [-0.2, 0) is 19.5 Å². The molecule has 0 radical (unpaired) electrons. The lowest BCUT2D eigenvalue weighted by Gasteiger charge is -2.28. The van der Waals surface area contributed by atoms with Crippen LogP contribution in [0.15, 0.2) is 36.5 Å². The Kier molecular flexibility index (Phi) is 7.22. The van der Waals surface area contributed by atoms with E-state index in [9.17, 15) is 0 Å². The van der Waals surface area contributed by atoms with Crippen LogP contribution in [0.2, 0.25) is 0 Å². The van der Waals surface area contributed by atoms with Gasteiger partial charge in [-0.1, -0.05) is 0 Å². The number of rotatable bonds is 9. The van der Waals surface area contributed by atoms with E-state index in [-0.39, 0.29) is 0 Å². The maximum Gasteiger partial charge on any atom is 0.227 e. The molecule has 0 unspecified atom stereocenters. The Bertz CT molecular complexity index is 1130. The number of nitrogens with one attached hydrogen (secondary N) is 1. The standard InChI is InChI=1S/C25H30N4O5/c1-30-18-6-7-20(21(12-18)31-2)28-25-26-13-17-15-29(9-8-19(17)27-25)14-16-10-22(32-3)24(34-5)23(11-16)33-4/h6-7,10-13H,8-9,14-15H2,1-5H3,(H,26,27,28). The van der Waals surface area contributed by atoms with Crippen LogP contribution in [0.1, 0.15) is 16.8 Å². The van der Waals surface area contributed by atoms with Crippen molar-refractivity contribution in [2.24, 2.45) is 0 Å². The number of ether oxygens (including phenoxy) is 5. The van der Waals surface area contributed by atoms with E-state index < -0.39 is 0 Å². The molecule has 0 bridgehead atoms. The van der Waals surface area contributed by atoms with Crippen LogP contribution in [0.25, 0.3) is 0 Å². The number of hydrogen-bond donors (Lipinski definition) is 1. The normalized spacial score (nSPS) is 13.1. The van der Waals surface area contributed by atoms with E-state index in [1.807, 2.05) is 36.5 Å². The van der Waals surface area contributed by atoms with Gasteiger partial charge in [-0.15, -0.1) is 0 Å². The van der Waals surface area contributed by atoms with Crippen molar-refractivity contribution in [1.82, 2.24) is 14.9 Å². The third-order valence-electron chi connectivity index (χ3n) is 5.80. The molecule has 1 N–H and O–H groups in total. The van der Waals surface area contributed by atoms with Gasteiger partial charge in [0.15, 0.2) is 11.5 Å². The van der Waals surface area contributed by atoms with Crippen LogP contribution in [-0.4, -0.2) is 57.0 Å². The third kappa shape index (κ3) is 4.94. The third-order valence-corrected chi connectivity index (χ3v) is 5.80. The first-order valence-electron chi connectivity index (χ1n) is 10.9. The Morgan fingerprint density at radius 2 is 1.62 bits per heavy atom. The second-order valence-corrected chi connectivity index (χ2v) is 7.85. The first kappa shape index (κ1) is 23.4. The summed E-state index contributed by atoms with van der Waals surface area (Å²) in [5.74, 6) is 3.84. The van der Waals surface area contributed by atoms with Gasteiger partial charge in [0.25, 0.3) is 0 Å². The Labute approximate surface area is 199 Å². The molecule has 0 spiro atoms. The highest BCUT2D eigenvalue weighted by atomic mass is 16.5. The topological polar surface area (TPSA) is 87.2 Å². The van der Waals surface area contributed by atoms with E-state index >= 15 is 0 Å². The molecule has 1 aliphatic rings. The Hall–Kier alpha value is -3.72. The molecule has 1 aliphatic heterocycles. The van der Waals surface area contributed by atoms with Crippen LogP contribution in [0.5, 0.6) is 28.7 Å². The molecule has 0 saturated carbocycles. The predicted molar refractivity (Wildman–Crippen MR) is 129 cm³/mol. The first-order chi connectivity index (χ1) is 16.6. The molecule has 2 heterocycles. The Morgan fingerprint density at radius 3 is 2.26 bits per heavy atom. The second kappa shape index (κ2) is 10.5. The summed E-state index contributed by atoms with van der Waals surface area (Å²) >= 11 is 0. The van der Waals surface area contributed by atoms with Gasteiger partial charge >= 0.3 is 0 Å². The van der Waals surface area contributed by atoms with E-state index in [4.69, 9.17) is 28.7 Å². The summed E-state index contributed by atoms with van der Waals surface area (Å²) in [5, 5.41) is 3.26. The molecule has 180 valence electrons. The van der Waals surface area contributed by atoms with E-state index in [0.29, 0.717) is 28.9 Å². The number of hydrogen-bond acceptors (Lipinski definition) is 9. The molecule has 0 aliphatic carbocycles. The van der Waals surface area contributed by atoms with Gasteiger partial charge in [-0.3, -0.25) is 4.90 Å². The average molecular weight is 467 g/mol. The Morgan fingerprint density at radius 1 is 0.882 bits per heavy atom. The highest BCUT2D eigenvalue weighted by molar-refractivity contribution is 5.64. The van der Waals surface area contributed by atoms with Crippen molar-refractivity contribution < 1.29 is 23.7 Å². The van der Waals surface area contributed by atoms with Gasteiger partial charge in [-0.2, -0.15) is 0 Å². The number of fused-ring (bicyclic) bond motifs is 1. The number of nitrogens with zero attached hydrogens (tertiary/aromatic N) is 3. The highest BCUT2D eigenvalue weighted by Crippen LogP contribution is 2.38. The summed E-state index contributed by atoms with van der Waals surface area (Å²) in [6.07, 6.45) is 2.72. The summed E-state index contributed by atoms with van der Waals surface area (Å²) in [5.41, 5.74) is 4.03. The van der Waals surface area contributed by atoms with E-state index in [0.717, 1.165) is 54.3 Å². The summed E-state index contributed by atoms with van der Waals surface area (Å²) in [7, 11) is 8.11. The van der Waals surface area contributed by atoms with Crippen LogP contribution in [0.4, 0.5) is 11.6 Å². The van der Waals surface area contributed by atoms with E-state index in [1.165, 1.54) is 0 Å². The molecule has 3 aromatic rings. The molecule has 4 rings (SSSR count). The summed E-state index contributed by atoms with van der Waals surface area (Å²) in [6, 6.07) is 9.55. The fourth-order valence-electron chi connectivity index (χ4n) is 4.08. The Balaban J connectivity index is 1.47. The van der Waals surface area contributed by atoms with Crippen LogP contribution < -0.4 is 29.0 Å². The van der Waals surface area contributed by atoms with E-state index in [2.05, 4.69) is 15.2 Å². The SMILES string of the molecule is COc1ccc(Nc2ncc3c(n2)CCN(Cc2cc(OC)c(OC)c(OC)c2)C3)c(OC)c1. The minimum absolute atomic E-state index is 0.542. The highest BCUT2D eigenvalue weighted by Gasteiger charge is 2.21. The molecular formula is C25H30N4O5. The fraction of sp³-hybridized carbons (Fsp3) is 0.360. The molecular weight excluding hydrogens is 436 g/mol. The van der Waals surface area contributed by atoms with Crippen molar-refractivity contribution in [2.75, 3.05) is 47.4 Å². The maximum atomic E-state index is 5.49. The largest absolute Gasteiger partial charge is 0.497 e. The molecule has 0 saturated heterocycles. The first-order valence-corrected chi connectivity index (χ1v) is 10.9. The quantitative estimate of drug-likeness (QED) is 0.506. The second-order valence-electron chi connectivity index (χ2n) is 7.85. The molecule has 9 nitrogen and oxygen atoms in total. The molecule has 0 amide bonds. The van der Waals surface area contributed by atoms with Gasteiger partial charge in [-0.25, -0.2) is 9.97 Å². The van der Waals surface area contributed by atoms with Crippen molar-refractivity contribution in [3.63, 3.8) is 0 Å². The van der Waals surface area contributed by atoms with Crippen molar-refractivity contribution in [3.8, 4) is 28.7 Å². The maximum absolute atomic E-state index is 5.49.